The summed E-state index contributed by atoms with van der Waals surface area (Å²) in [5.74, 6) is 1.14. The van der Waals surface area contributed by atoms with Gasteiger partial charge in [0.25, 0.3) is 0 Å². The maximum atomic E-state index is 12.1. The van der Waals surface area contributed by atoms with E-state index >= 15 is 0 Å². The molecule has 0 aliphatic heterocycles. The molecule has 19 heavy (non-hydrogen) atoms. The molecule has 106 valence electrons. The highest BCUT2D eigenvalue weighted by Gasteiger charge is 2.22. The van der Waals surface area contributed by atoms with Gasteiger partial charge >= 0.3 is 0 Å². The zero-order chi connectivity index (χ0) is 14.3. The fraction of sp³-hybridized carbons (Fsp3) is 0.562. The molecule has 0 bridgehead atoms. The number of Topliss-reactive ketones (excluding diaryl/α,β-unsaturated/α-hetero) is 1. The first kappa shape index (κ1) is 16.3. The van der Waals surface area contributed by atoms with Gasteiger partial charge in [-0.25, -0.2) is 0 Å². The van der Waals surface area contributed by atoms with Crippen molar-refractivity contribution in [2.24, 2.45) is 5.41 Å². The third-order valence-corrected chi connectivity index (χ3v) is 3.62. The van der Waals surface area contributed by atoms with Gasteiger partial charge in [0, 0.05) is 28.2 Å². The van der Waals surface area contributed by atoms with Crippen LogP contribution in [0.2, 0.25) is 0 Å². The fourth-order valence-corrected chi connectivity index (χ4v) is 2.37. The fourth-order valence-electron chi connectivity index (χ4n) is 1.60. The standard InChI is InChI=1S/C16H24O2S/c1-5-10-18-11-12-19-14-8-6-13(7-9-14)15(17)16(2,3)4/h6-9H,5,10-12H2,1-4H3. The van der Waals surface area contributed by atoms with Gasteiger partial charge in [-0.1, -0.05) is 39.8 Å². The molecular formula is C16H24O2S. The maximum Gasteiger partial charge on any atom is 0.168 e. The number of carbonyl (C=O) groups is 1. The van der Waals surface area contributed by atoms with Gasteiger partial charge in [-0.15, -0.1) is 11.8 Å². The Morgan fingerprint density at radius 3 is 2.32 bits per heavy atom. The van der Waals surface area contributed by atoms with E-state index in [2.05, 4.69) is 6.92 Å². The highest BCUT2D eigenvalue weighted by molar-refractivity contribution is 7.99. The number of ether oxygens (including phenoxy) is 1. The molecule has 0 spiro atoms. The molecular weight excluding hydrogens is 256 g/mol. The Morgan fingerprint density at radius 1 is 1.16 bits per heavy atom. The Bertz CT molecular complexity index is 390. The van der Waals surface area contributed by atoms with Crippen molar-refractivity contribution < 1.29 is 9.53 Å². The van der Waals surface area contributed by atoms with Gasteiger partial charge in [0.05, 0.1) is 6.61 Å². The van der Waals surface area contributed by atoms with Crippen LogP contribution in [0.1, 0.15) is 44.5 Å². The lowest BCUT2D eigenvalue weighted by molar-refractivity contribution is 0.0858. The molecule has 1 aromatic carbocycles. The molecule has 0 aromatic heterocycles. The number of thioether (sulfide) groups is 1. The summed E-state index contributed by atoms with van der Waals surface area (Å²) >= 11 is 1.76. The van der Waals surface area contributed by atoms with Crippen LogP contribution in [0.15, 0.2) is 29.2 Å². The third-order valence-electron chi connectivity index (χ3n) is 2.64. The van der Waals surface area contributed by atoms with Crippen LogP contribution < -0.4 is 0 Å². The predicted molar refractivity (Wildman–Crippen MR) is 82.1 cm³/mol. The molecule has 3 heteroatoms. The first-order valence-corrected chi connectivity index (χ1v) is 7.79. The lowest BCUT2D eigenvalue weighted by atomic mass is 9.87. The van der Waals surface area contributed by atoms with Crippen molar-refractivity contribution in [2.45, 2.75) is 39.0 Å². The summed E-state index contributed by atoms with van der Waals surface area (Å²) in [4.78, 5) is 13.3. The molecule has 0 atom stereocenters. The van der Waals surface area contributed by atoms with Gasteiger partial charge in [0.2, 0.25) is 0 Å². The van der Waals surface area contributed by atoms with Crippen LogP contribution in [0.3, 0.4) is 0 Å². The third kappa shape index (κ3) is 5.79. The number of benzene rings is 1. The van der Waals surface area contributed by atoms with Crippen LogP contribution in [0.4, 0.5) is 0 Å². The van der Waals surface area contributed by atoms with E-state index < -0.39 is 0 Å². The van der Waals surface area contributed by atoms with Gasteiger partial charge < -0.3 is 4.74 Å². The molecule has 2 nitrogen and oxygen atoms in total. The molecule has 0 aliphatic carbocycles. The Labute approximate surface area is 120 Å². The van der Waals surface area contributed by atoms with Crippen molar-refractivity contribution in [3.63, 3.8) is 0 Å². The average Bonchev–Trinajstić information content (AvgIpc) is 2.37. The van der Waals surface area contributed by atoms with E-state index in [9.17, 15) is 4.79 Å². The van der Waals surface area contributed by atoms with Crippen LogP contribution in [0.25, 0.3) is 0 Å². The summed E-state index contributed by atoms with van der Waals surface area (Å²) in [5.41, 5.74) is 0.474. The van der Waals surface area contributed by atoms with E-state index in [1.807, 2.05) is 45.0 Å². The summed E-state index contributed by atoms with van der Waals surface area (Å²) in [6.07, 6.45) is 1.06. The minimum atomic E-state index is -0.317. The second-order valence-corrected chi connectivity index (χ2v) is 6.73. The lowest BCUT2D eigenvalue weighted by Gasteiger charge is -2.16. The van der Waals surface area contributed by atoms with Crippen molar-refractivity contribution in [1.29, 1.82) is 0 Å². The second-order valence-electron chi connectivity index (χ2n) is 5.56. The van der Waals surface area contributed by atoms with E-state index in [-0.39, 0.29) is 11.2 Å². The van der Waals surface area contributed by atoms with E-state index in [4.69, 9.17) is 4.74 Å². The molecule has 0 amide bonds. The van der Waals surface area contributed by atoms with Crippen LogP contribution >= 0.6 is 11.8 Å². The Kier molecular flexibility index (Phi) is 6.59. The van der Waals surface area contributed by atoms with Crippen molar-refractivity contribution in [1.82, 2.24) is 0 Å². The Hall–Kier alpha value is -0.800. The first-order valence-electron chi connectivity index (χ1n) is 6.80. The smallest absolute Gasteiger partial charge is 0.168 e. The number of ketones is 1. The number of carbonyl (C=O) groups excluding carboxylic acids is 1. The molecule has 0 unspecified atom stereocenters. The minimum absolute atomic E-state index is 0.190. The Balaban J connectivity index is 2.46. The highest BCUT2D eigenvalue weighted by Crippen LogP contribution is 2.23. The maximum absolute atomic E-state index is 12.1. The largest absolute Gasteiger partial charge is 0.381 e. The lowest BCUT2D eigenvalue weighted by Crippen LogP contribution is -2.19. The molecule has 0 aliphatic rings. The van der Waals surface area contributed by atoms with Crippen molar-refractivity contribution >= 4 is 17.5 Å². The van der Waals surface area contributed by atoms with Gasteiger partial charge in [0.15, 0.2) is 5.78 Å². The van der Waals surface area contributed by atoms with Crippen LogP contribution in [-0.2, 0) is 4.74 Å². The number of hydrogen-bond donors (Lipinski definition) is 0. The summed E-state index contributed by atoms with van der Waals surface area (Å²) in [6, 6.07) is 7.87. The normalized spacial score (nSPS) is 11.6. The van der Waals surface area contributed by atoms with E-state index in [1.165, 1.54) is 4.90 Å². The summed E-state index contributed by atoms with van der Waals surface area (Å²) in [6.45, 7) is 9.56. The molecule has 0 saturated carbocycles. The molecule has 1 aromatic rings. The monoisotopic (exact) mass is 280 g/mol. The molecule has 0 radical (unpaired) electrons. The van der Waals surface area contributed by atoms with Crippen molar-refractivity contribution in [3.05, 3.63) is 29.8 Å². The van der Waals surface area contributed by atoms with E-state index in [0.29, 0.717) is 0 Å². The zero-order valence-corrected chi connectivity index (χ0v) is 13.2. The average molecular weight is 280 g/mol. The quantitative estimate of drug-likeness (QED) is 0.420. The van der Waals surface area contributed by atoms with Gasteiger partial charge in [0.1, 0.15) is 0 Å². The van der Waals surface area contributed by atoms with Crippen molar-refractivity contribution in [2.75, 3.05) is 19.0 Å². The second kappa shape index (κ2) is 7.71. The zero-order valence-electron chi connectivity index (χ0n) is 12.4. The number of hydrogen-bond acceptors (Lipinski definition) is 3. The molecule has 0 fully saturated rings. The highest BCUT2D eigenvalue weighted by atomic mass is 32.2. The van der Waals surface area contributed by atoms with Gasteiger partial charge in [-0.3, -0.25) is 4.79 Å². The minimum Gasteiger partial charge on any atom is -0.381 e. The summed E-state index contributed by atoms with van der Waals surface area (Å²) in [7, 11) is 0. The van der Waals surface area contributed by atoms with Gasteiger partial charge in [-0.05, 0) is 18.6 Å². The number of rotatable bonds is 7. The predicted octanol–water partition coefficient (Wildman–Crippen LogP) is 4.43. The van der Waals surface area contributed by atoms with Crippen LogP contribution in [-0.4, -0.2) is 24.7 Å². The Morgan fingerprint density at radius 2 is 1.79 bits per heavy atom. The van der Waals surface area contributed by atoms with E-state index in [0.717, 1.165) is 31.0 Å². The summed E-state index contributed by atoms with van der Waals surface area (Å²) < 4.78 is 5.44. The van der Waals surface area contributed by atoms with Crippen molar-refractivity contribution in [3.8, 4) is 0 Å². The molecule has 0 N–H and O–H groups in total. The molecule has 1 rings (SSSR count). The SMILES string of the molecule is CCCOCCSc1ccc(C(=O)C(C)(C)C)cc1. The molecule has 0 saturated heterocycles. The van der Waals surface area contributed by atoms with Gasteiger partial charge in [-0.2, -0.15) is 0 Å². The van der Waals surface area contributed by atoms with Crippen LogP contribution in [0.5, 0.6) is 0 Å². The summed E-state index contributed by atoms with van der Waals surface area (Å²) in [5, 5.41) is 0. The first-order chi connectivity index (χ1) is 8.95. The van der Waals surface area contributed by atoms with E-state index in [1.54, 1.807) is 11.8 Å². The molecule has 0 heterocycles. The van der Waals surface area contributed by atoms with Crippen LogP contribution in [0, 0.1) is 5.41 Å². The topological polar surface area (TPSA) is 26.3 Å².